The van der Waals surface area contributed by atoms with Crippen molar-refractivity contribution in [3.05, 3.63) is 24.4 Å². The van der Waals surface area contributed by atoms with Gasteiger partial charge in [-0.25, -0.2) is 9.78 Å². The average molecular weight is 192 g/mol. The van der Waals surface area contributed by atoms with Crippen LogP contribution in [-0.4, -0.2) is 23.5 Å². The fourth-order valence-corrected chi connectivity index (χ4v) is 1.47. The average Bonchev–Trinajstić information content (AvgIpc) is 2.72. The van der Waals surface area contributed by atoms with Crippen LogP contribution in [0.15, 0.2) is 24.4 Å². The maximum absolute atomic E-state index is 11.5. The van der Waals surface area contributed by atoms with E-state index in [0.29, 0.717) is 5.88 Å². The summed E-state index contributed by atoms with van der Waals surface area (Å²) in [5, 5.41) is 3.07. The van der Waals surface area contributed by atoms with Gasteiger partial charge in [0.15, 0.2) is 0 Å². The minimum atomic E-state index is -0.235. The van der Waals surface area contributed by atoms with E-state index in [1.165, 1.54) is 0 Å². The van der Waals surface area contributed by atoms with Crippen molar-refractivity contribution in [2.45, 2.75) is 18.9 Å². The van der Waals surface area contributed by atoms with Crippen LogP contribution in [-0.2, 0) is 4.79 Å². The molecule has 0 unspecified atom stereocenters. The second-order valence-electron chi connectivity index (χ2n) is 3.24. The van der Waals surface area contributed by atoms with Crippen LogP contribution in [0.3, 0.4) is 0 Å². The number of ether oxygens (including phenoxy) is 1. The summed E-state index contributed by atoms with van der Waals surface area (Å²) < 4.78 is 5.09. The third-order valence-corrected chi connectivity index (χ3v) is 2.19. The van der Waals surface area contributed by atoms with Gasteiger partial charge in [0.1, 0.15) is 6.04 Å². The molecule has 0 aliphatic carbocycles. The number of hydrogen-bond acceptors (Lipinski definition) is 4. The van der Waals surface area contributed by atoms with Crippen molar-refractivity contribution in [1.82, 2.24) is 10.3 Å². The molecule has 1 aromatic rings. The molecular weight excluding hydrogens is 180 g/mol. The van der Waals surface area contributed by atoms with Gasteiger partial charge in [0.25, 0.3) is 0 Å². The van der Waals surface area contributed by atoms with Gasteiger partial charge in [-0.15, -0.1) is 0 Å². The third-order valence-electron chi connectivity index (χ3n) is 2.19. The Balaban J connectivity index is 1.94. The molecule has 14 heavy (non-hydrogen) atoms. The number of aromatic nitrogens is 1. The Hall–Kier alpha value is -1.42. The zero-order valence-corrected chi connectivity index (χ0v) is 7.77. The van der Waals surface area contributed by atoms with E-state index < -0.39 is 0 Å². The summed E-state index contributed by atoms with van der Waals surface area (Å²) in [5.41, 5.74) is 0. The lowest BCUT2D eigenvalue weighted by molar-refractivity contribution is -0.136. The number of esters is 1. The molecule has 1 N–H and O–H groups in total. The molecule has 4 nitrogen and oxygen atoms in total. The Labute approximate surface area is 82.3 Å². The van der Waals surface area contributed by atoms with Gasteiger partial charge in [-0.3, -0.25) is 0 Å². The van der Waals surface area contributed by atoms with Crippen molar-refractivity contribution in [3.8, 4) is 5.88 Å². The largest absolute Gasteiger partial charge is 0.406 e. The Morgan fingerprint density at radius 2 is 2.50 bits per heavy atom. The molecule has 1 atom stereocenters. The normalized spacial score (nSPS) is 20.7. The van der Waals surface area contributed by atoms with Gasteiger partial charge in [0.05, 0.1) is 0 Å². The van der Waals surface area contributed by atoms with E-state index in [0.717, 1.165) is 19.4 Å². The highest BCUT2D eigenvalue weighted by Gasteiger charge is 2.23. The molecular formula is C10H12N2O2. The number of nitrogens with one attached hydrogen (secondary N) is 1. The van der Waals surface area contributed by atoms with Crippen molar-refractivity contribution < 1.29 is 9.53 Å². The number of carbonyl (C=O) groups is 1. The van der Waals surface area contributed by atoms with E-state index in [1.807, 2.05) is 0 Å². The second kappa shape index (κ2) is 4.19. The van der Waals surface area contributed by atoms with E-state index in [2.05, 4.69) is 10.3 Å². The first-order valence-electron chi connectivity index (χ1n) is 4.72. The Bertz CT molecular complexity index is 307. The van der Waals surface area contributed by atoms with Crippen LogP contribution in [0.4, 0.5) is 0 Å². The Morgan fingerprint density at radius 3 is 3.14 bits per heavy atom. The Morgan fingerprint density at radius 1 is 1.57 bits per heavy atom. The van der Waals surface area contributed by atoms with Crippen LogP contribution in [0.2, 0.25) is 0 Å². The highest BCUT2D eigenvalue weighted by Crippen LogP contribution is 2.10. The smallest absolute Gasteiger partial charge is 0.329 e. The van der Waals surface area contributed by atoms with Crippen LogP contribution < -0.4 is 10.1 Å². The fourth-order valence-electron chi connectivity index (χ4n) is 1.47. The first-order valence-corrected chi connectivity index (χ1v) is 4.72. The SMILES string of the molecule is O=C(Oc1ccccn1)[C@@H]1CCCN1. The molecule has 0 bridgehead atoms. The maximum atomic E-state index is 11.5. The minimum absolute atomic E-state index is 0.156. The molecule has 1 aliphatic heterocycles. The topological polar surface area (TPSA) is 51.2 Å². The number of carbonyl (C=O) groups excluding carboxylic acids is 1. The molecule has 2 rings (SSSR count). The van der Waals surface area contributed by atoms with Crippen molar-refractivity contribution in [2.75, 3.05) is 6.54 Å². The summed E-state index contributed by atoms with van der Waals surface area (Å²) in [7, 11) is 0. The lowest BCUT2D eigenvalue weighted by Crippen LogP contribution is -2.34. The molecule has 2 heterocycles. The van der Waals surface area contributed by atoms with Gasteiger partial charge in [0, 0.05) is 12.3 Å². The van der Waals surface area contributed by atoms with Gasteiger partial charge in [-0.05, 0) is 25.5 Å². The number of nitrogens with zero attached hydrogens (tertiary/aromatic N) is 1. The van der Waals surface area contributed by atoms with Crippen molar-refractivity contribution in [2.24, 2.45) is 0 Å². The first kappa shape index (κ1) is 9.15. The van der Waals surface area contributed by atoms with E-state index in [-0.39, 0.29) is 12.0 Å². The number of rotatable bonds is 2. The van der Waals surface area contributed by atoms with Crippen LogP contribution in [0.1, 0.15) is 12.8 Å². The molecule has 0 amide bonds. The van der Waals surface area contributed by atoms with Crippen LogP contribution in [0, 0.1) is 0 Å². The lowest BCUT2D eigenvalue weighted by Gasteiger charge is -2.08. The molecule has 1 saturated heterocycles. The zero-order chi connectivity index (χ0) is 9.80. The molecule has 4 heteroatoms. The van der Waals surface area contributed by atoms with Crippen LogP contribution >= 0.6 is 0 Å². The molecule has 74 valence electrons. The summed E-state index contributed by atoms with van der Waals surface area (Å²) in [5.74, 6) is 0.132. The third kappa shape index (κ3) is 2.09. The fraction of sp³-hybridized carbons (Fsp3) is 0.400. The van der Waals surface area contributed by atoms with Gasteiger partial charge < -0.3 is 10.1 Å². The summed E-state index contributed by atoms with van der Waals surface area (Å²) in [4.78, 5) is 15.4. The van der Waals surface area contributed by atoms with Crippen molar-refractivity contribution >= 4 is 5.97 Å². The van der Waals surface area contributed by atoms with Crippen molar-refractivity contribution in [3.63, 3.8) is 0 Å². The Kier molecular flexibility index (Phi) is 2.74. The van der Waals surface area contributed by atoms with Gasteiger partial charge in [-0.2, -0.15) is 0 Å². The lowest BCUT2D eigenvalue weighted by atomic mass is 10.2. The standard InChI is InChI=1S/C10H12N2O2/c13-10(8-4-3-7-11-8)14-9-5-1-2-6-12-9/h1-2,5-6,8,11H,3-4,7H2/t8-/m0/s1. The summed E-state index contributed by atoms with van der Waals surface area (Å²) in [6.07, 6.45) is 3.48. The molecule has 1 fully saturated rings. The molecule has 1 aliphatic rings. The van der Waals surface area contributed by atoms with Gasteiger partial charge in [0.2, 0.25) is 5.88 Å². The first-order chi connectivity index (χ1) is 6.86. The van der Waals surface area contributed by atoms with Crippen LogP contribution in [0.25, 0.3) is 0 Å². The summed E-state index contributed by atoms with van der Waals surface area (Å²) in [6, 6.07) is 5.09. The summed E-state index contributed by atoms with van der Waals surface area (Å²) in [6.45, 7) is 0.891. The molecule has 0 aromatic carbocycles. The quantitative estimate of drug-likeness (QED) is 0.702. The molecule has 0 radical (unpaired) electrons. The van der Waals surface area contributed by atoms with Crippen LogP contribution in [0.5, 0.6) is 5.88 Å². The van der Waals surface area contributed by atoms with E-state index >= 15 is 0 Å². The van der Waals surface area contributed by atoms with Gasteiger partial charge >= 0.3 is 5.97 Å². The highest BCUT2D eigenvalue weighted by atomic mass is 16.5. The summed E-state index contributed by atoms with van der Waals surface area (Å²) >= 11 is 0. The molecule has 1 aromatic heterocycles. The minimum Gasteiger partial charge on any atom is -0.406 e. The monoisotopic (exact) mass is 192 g/mol. The van der Waals surface area contributed by atoms with Crippen molar-refractivity contribution in [1.29, 1.82) is 0 Å². The van der Waals surface area contributed by atoms with E-state index in [9.17, 15) is 4.79 Å². The van der Waals surface area contributed by atoms with Gasteiger partial charge in [-0.1, -0.05) is 6.07 Å². The maximum Gasteiger partial charge on any atom is 0.329 e. The van der Waals surface area contributed by atoms with E-state index in [4.69, 9.17) is 4.74 Å². The highest BCUT2D eigenvalue weighted by molar-refractivity contribution is 5.78. The predicted octanol–water partition coefficient (Wildman–Crippen LogP) is 0.739. The predicted molar refractivity (Wildman–Crippen MR) is 50.9 cm³/mol. The van der Waals surface area contributed by atoms with E-state index in [1.54, 1.807) is 24.4 Å². The number of pyridine rings is 1. The molecule has 0 saturated carbocycles. The molecule has 0 spiro atoms. The zero-order valence-electron chi connectivity index (χ0n) is 7.77. The number of hydrogen-bond donors (Lipinski definition) is 1. The second-order valence-corrected chi connectivity index (χ2v) is 3.24.